The number of urea groups is 1. The Balaban J connectivity index is 3.02. The maximum Gasteiger partial charge on any atom is 0.316 e. The van der Waals surface area contributed by atoms with Crippen LogP contribution in [0, 0.1) is 11.3 Å². The summed E-state index contributed by atoms with van der Waals surface area (Å²) in [4.78, 5) is 12.7. The van der Waals surface area contributed by atoms with Crippen molar-refractivity contribution in [1.82, 2.24) is 4.90 Å². The standard InChI is InChI=1S/C12H14ClN3O/c1-12(2,8-14)16(11(15)17)7-9-5-3-4-6-10(9)13/h3-6H,7H2,1-2H3,(H2,15,17). The average Bonchev–Trinajstić information content (AvgIpc) is 2.27. The van der Waals surface area contributed by atoms with E-state index in [0.29, 0.717) is 5.02 Å². The van der Waals surface area contributed by atoms with E-state index in [9.17, 15) is 4.79 Å². The fourth-order valence-electron chi connectivity index (χ4n) is 1.41. The van der Waals surface area contributed by atoms with Crippen molar-refractivity contribution in [1.29, 1.82) is 5.26 Å². The van der Waals surface area contributed by atoms with Gasteiger partial charge in [0.1, 0.15) is 5.54 Å². The number of halogens is 1. The summed E-state index contributed by atoms with van der Waals surface area (Å²) in [5.74, 6) is 0. The van der Waals surface area contributed by atoms with Gasteiger partial charge in [-0.15, -0.1) is 0 Å². The molecule has 4 nitrogen and oxygen atoms in total. The summed E-state index contributed by atoms with van der Waals surface area (Å²) < 4.78 is 0. The maximum absolute atomic E-state index is 11.4. The van der Waals surface area contributed by atoms with Crippen molar-refractivity contribution >= 4 is 17.6 Å². The summed E-state index contributed by atoms with van der Waals surface area (Å²) in [6.07, 6.45) is 0. The second-order valence-corrected chi connectivity index (χ2v) is 4.59. The topological polar surface area (TPSA) is 70.1 Å². The van der Waals surface area contributed by atoms with Gasteiger partial charge in [-0.2, -0.15) is 5.26 Å². The van der Waals surface area contributed by atoms with Gasteiger partial charge < -0.3 is 10.6 Å². The highest BCUT2D eigenvalue weighted by molar-refractivity contribution is 6.31. The van der Waals surface area contributed by atoms with Crippen LogP contribution in [0.4, 0.5) is 4.79 Å². The number of hydrogen-bond donors (Lipinski definition) is 1. The molecule has 0 atom stereocenters. The zero-order valence-electron chi connectivity index (χ0n) is 9.77. The van der Waals surface area contributed by atoms with Gasteiger partial charge in [-0.3, -0.25) is 0 Å². The van der Waals surface area contributed by atoms with Crippen LogP contribution in [0.2, 0.25) is 5.02 Å². The molecule has 0 spiro atoms. The number of nitrogens with two attached hydrogens (primary N) is 1. The van der Waals surface area contributed by atoms with Gasteiger partial charge in [0.25, 0.3) is 0 Å². The van der Waals surface area contributed by atoms with Crippen molar-refractivity contribution in [2.45, 2.75) is 25.9 Å². The quantitative estimate of drug-likeness (QED) is 0.897. The SMILES string of the molecule is CC(C)(C#N)N(Cc1ccccc1Cl)C(N)=O. The van der Waals surface area contributed by atoms with Gasteiger partial charge in [0, 0.05) is 5.02 Å². The third-order valence-electron chi connectivity index (χ3n) is 2.50. The molecule has 0 heterocycles. The molecule has 1 aromatic rings. The van der Waals surface area contributed by atoms with Crippen LogP contribution in [-0.2, 0) is 6.54 Å². The minimum atomic E-state index is -0.967. The number of benzene rings is 1. The second-order valence-electron chi connectivity index (χ2n) is 4.19. The van der Waals surface area contributed by atoms with E-state index < -0.39 is 11.6 Å². The number of rotatable bonds is 3. The van der Waals surface area contributed by atoms with Crippen molar-refractivity contribution in [2.75, 3.05) is 0 Å². The highest BCUT2D eigenvalue weighted by Crippen LogP contribution is 2.21. The maximum atomic E-state index is 11.4. The van der Waals surface area contributed by atoms with Crippen molar-refractivity contribution < 1.29 is 4.79 Å². The molecular weight excluding hydrogens is 238 g/mol. The molecule has 0 aromatic heterocycles. The molecule has 0 saturated carbocycles. The lowest BCUT2D eigenvalue weighted by Gasteiger charge is -2.31. The first-order valence-electron chi connectivity index (χ1n) is 5.10. The fraction of sp³-hybridized carbons (Fsp3) is 0.333. The first-order valence-corrected chi connectivity index (χ1v) is 5.48. The van der Waals surface area contributed by atoms with E-state index in [0.717, 1.165) is 5.56 Å². The Kier molecular flexibility index (Phi) is 3.97. The third-order valence-corrected chi connectivity index (χ3v) is 2.87. The predicted octanol–water partition coefficient (Wildman–Crippen LogP) is 2.52. The monoisotopic (exact) mass is 251 g/mol. The molecule has 2 N–H and O–H groups in total. The smallest absolute Gasteiger partial charge is 0.316 e. The van der Waals surface area contributed by atoms with Gasteiger partial charge in [0.05, 0.1) is 12.6 Å². The zero-order valence-corrected chi connectivity index (χ0v) is 10.5. The van der Waals surface area contributed by atoms with E-state index in [-0.39, 0.29) is 6.54 Å². The summed E-state index contributed by atoms with van der Waals surface area (Å²) in [5.41, 5.74) is 5.08. The number of primary amides is 1. The second kappa shape index (κ2) is 5.07. The van der Waals surface area contributed by atoms with Crippen molar-refractivity contribution in [3.05, 3.63) is 34.9 Å². The van der Waals surface area contributed by atoms with E-state index in [1.165, 1.54) is 4.90 Å². The number of hydrogen-bond acceptors (Lipinski definition) is 2. The predicted molar refractivity (Wildman–Crippen MR) is 66.3 cm³/mol. The summed E-state index contributed by atoms with van der Waals surface area (Å²) in [6.45, 7) is 3.48. The van der Waals surface area contributed by atoms with Crippen LogP contribution in [0.5, 0.6) is 0 Å². The Morgan fingerprint density at radius 2 is 2.12 bits per heavy atom. The number of carbonyl (C=O) groups excluding carboxylic acids is 1. The van der Waals surface area contributed by atoms with E-state index >= 15 is 0 Å². The van der Waals surface area contributed by atoms with E-state index in [4.69, 9.17) is 22.6 Å². The third kappa shape index (κ3) is 3.11. The molecule has 2 amide bonds. The average molecular weight is 252 g/mol. The minimum absolute atomic E-state index is 0.218. The highest BCUT2D eigenvalue weighted by Gasteiger charge is 2.29. The molecule has 0 radical (unpaired) electrons. The molecule has 17 heavy (non-hydrogen) atoms. The lowest BCUT2D eigenvalue weighted by molar-refractivity contribution is 0.166. The summed E-state index contributed by atoms with van der Waals surface area (Å²) in [7, 11) is 0. The number of nitrogens with zero attached hydrogens (tertiary/aromatic N) is 2. The molecule has 5 heteroatoms. The normalized spacial score (nSPS) is 10.7. The van der Waals surface area contributed by atoms with Crippen LogP contribution >= 0.6 is 11.6 Å². The Morgan fingerprint density at radius 3 is 2.59 bits per heavy atom. The van der Waals surface area contributed by atoms with E-state index in [2.05, 4.69) is 0 Å². The Labute approximate surface area is 106 Å². The summed E-state index contributed by atoms with van der Waals surface area (Å²) in [5, 5.41) is 9.58. The van der Waals surface area contributed by atoms with Gasteiger partial charge in [-0.05, 0) is 25.5 Å². The molecule has 0 bridgehead atoms. The molecule has 90 valence electrons. The molecule has 0 aliphatic rings. The summed E-state index contributed by atoms with van der Waals surface area (Å²) >= 11 is 6.00. The van der Waals surface area contributed by atoms with Crippen molar-refractivity contribution in [3.8, 4) is 6.07 Å². The first-order chi connectivity index (χ1) is 7.88. The van der Waals surface area contributed by atoms with E-state index in [1.807, 2.05) is 12.1 Å². The van der Waals surface area contributed by atoms with Crippen LogP contribution < -0.4 is 5.73 Å². The minimum Gasteiger partial charge on any atom is -0.351 e. The number of carbonyl (C=O) groups is 1. The lowest BCUT2D eigenvalue weighted by Crippen LogP contribution is -2.48. The largest absolute Gasteiger partial charge is 0.351 e. The number of nitriles is 1. The van der Waals surface area contributed by atoms with E-state index in [1.54, 1.807) is 32.0 Å². The molecule has 0 unspecified atom stereocenters. The highest BCUT2D eigenvalue weighted by atomic mass is 35.5. The van der Waals surface area contributed by atoms with Crippen LogP contribution in [0.1, 0.15) is 19.4 Å². The van der Waals surface area contributed by atoms with Gasteiger partial charge in [-0.25, -0.2) is 4.79 Å². The van der Waals surface area contributed by atoms with Gasteiger partial charge >= 0.3 is 6.03 Å². The van der Waals surface area contributed by atoms with Crippen molar-refractivity contribution in [3.63, 3.8) is 0 Å². The fourth-order valence-corrected chi connectivity index (χ4v) is 1.60. The van der Waals surface area contributed by atoms with Gasteiger partial charge in [-0.1, -0.05) is 29.8 Å². The van der Waals surface area contributed by atoms with Crippen LogP contribution in [0.25, 0.3) is 0 Å². The van der Waals surface area contributed by atoms with Crippen LogP contribution in [-0.4, -0.2) is 16.5 Å². The van der Waals surface area contributed by atoms with Crippen LogP contribution in [0.15, 0.2) is 24.3 Å². The molecule has 0 saturated heterocycles. The Morgan fingerprint density at radius 1 is 1.53 bits per heavy atom. The van der Waals surface area contributed by atoms with Crippen LogP contribution in [0.3, 0.4) is 0 Å². The van der Waals surface area contributed by atoms with Crippen molar-refractivity contribution in [2.24, 2.45) is 5.73 Å². The van der Waals surface area contributed by atoms with Gasteiger partial charge in [0.15, 0.2) is 0 Å². The first kappa shape index (κ1) is 13.3. The lowest BCUT2D eigenvalue weighted by atomic mass is 10.0. The Hall–Kier alpha value is -1.73. The molecule has 1 rings (SSSR count). The molecule has 1 aromatic carbocycles. The summed E-state index contributed by atoms with van der Waals surface area (Å²) in [6, 6.07) is 8.55. The molecule has 0 fully saturated rings. The Bertz CT molecular complexity index is 465. The molecule has 0 aliphatic carbocycles. The zero-order chi connectivity index (χ0) is 13.1. The molecular formula is C12H14ClN3O. The number of amides is 2. The van der Waals surface area contributed by atoms with Gasteiger partial charge in [0.2, 0.25) is 0 Å². The molecule has 0 aliphatic heterocycles.